The fourth-order valence-electron chi connectivity index (χ4n) is 3.69. The minimum atomic E-state index is -0.422. The number of methoxy groups -OCH3 is 1. The third-order valence-corrected chi connectivity index (χ3v) is 5.78. The van der Waals surface area contributed by atoms with Crippen LogP contribution in [0.3, 0.4) is 0 Å². The maximum Gasteiger partial charge on any atom is 0.261 e. The molecule has 176 valence electrons. The molecule has 6 nitrogen and oxygen atoms in total. The number of rotatable bonds is 9. The van der Waals surface area contributed by atoms with E-state index in [1.165, 1.54) is 6.08 Å². The molecule has 0 spiro atoms. The highest BCUT2D eigenvalue weighted by Gasteiger charge is 2.11. The van der Waals surface area contributed by atoms with E-state index in [4.69, 9.17) is 21.1 Å². The zero-order chi connectivity index (χ0) is 24.6. The standard InChI is InChI=1S/C28H24ClN3O3/c1-34-27-15-20(8-11-26(27)35-18-19-6-9-23(29)10-7-19)14-22(16-30)28(33)31-13-12-21-17-32-25-5-3-2-4-24(21)25/h2-11,14-15,17,32H,12-13,18H2,1H3,(H,31,33)/b22-14-. The van der Waals surface area contributed by atoms with Crippen LogP contribution in [0.15, 0.2) is 78.5 Å². The minimum Gasteiger partial charge on any atom is -0.493 e. The van der Waals surface area contributed by atoms with Gasteiger partial charge >= 0.3 is 0 Å². The Morgan fingerprint density at radius 3 is 2.69 bits per heavy atom. The molecule has 0 saturated carbocycles. The molecule has 0 aliphatic carbocycles. The van der Waals surface area contributed by atoms with Crippen LogP contribution in [0.25, 0.3) is 17.0 Å². The molecular formula is C28H24ClN3O3. The van der Waals surface area contributed by atoms with Crippen molar-refractivity contribution in [1.29, 1.82) is 5.26 Å². The van der Waals surface area contributed by atoms with Gasteiger partial charge in [0.05, 0.1) is 7.11 Å². The van der Waals surface area contributed by atoms with Crippen LogP contribution >= 0.6 is 11.6 Å². The summed E-state index contributed by atoms with van der Waals surface area (Å²) in [7, 11) is 1.54. The largest absolute Gasteiger partial charge is 0.493 e. The number of aromatic amines is 1. The number of aromatic nitrogens is 1. The number of halogens is 1. The summed E-state index contributed by atoms with van der Waals surface area (Å²) >= 11 is 5.92. The lowest BCUT2D eigenvalue weighted by Crippen LogP contribution is -2.26. The molecule has 1 heterocycles. The first kappa shape index (κ1) is 23.9. The van der Waals surface area contributed by atoms with Crippen molar-refractivity contribution in [3.8, 4) is 17.6 Å². The summed E-state index contributed by atoms with van der Waals surface area (Å²) in [6.45, 7) is 0.769. The minimum absolute atomic E-state index is 0.0146. The number of carbonyl (C=O) groups excluding carboxylic acids is 1. The Morgan fingerprint density at radius 2 is 1.91 bits per heavy atom. The number of nitrogens with one attached hydrogen (secondary N) is 2. The van der Waals surface area contributed by atoms with Crippen LogP contribution < -0.4 is 14.8 Å². The molecule has 7 heteroatoms. The molecule has 0 saturated heterocycles. The number of hydrogen-bond donors (Lipinski definition) is 2. The molecule has 0 bridgehead atoms. The van der Waals surface area contributed by atoms with Crippen molar-refractivity contribution >= 4 is 34.5 Å². The summed E-state index contributed by atoms with van der Waals surface area (Å²) in [5.41, 5.74) is 3.81. The summed E-state index contributed by atoms with van der Waals surface area (Å²) in [5.74, 6) is 0.639. The van der Waals surface area contributed by atoms with Crippen LogP contribution in [0, 0.1) is 11.3 Å². The average Bonchev–Trinajstić information content (AvgIpc) is 3.30. The van der Waals surface area contributed by atoms with Crippen molar-refractivity contribution in [3.05, 3.63) is 100 Å². The monoisotopic (exact) mass is 485 g/mol. The molecule has 2 N–H and O–H groups in total. The highest BCUT2D eigenvalue weighted by atomic mass is 35.5. The summed E-state index contributed by atoms with van der Waals surface area (Å²) in [6.07, 6.45) is 4.13. The van der Waals surface area contributed by atoms with Gasteiger partial charge in [-0.2, -0.15) is 5.26 Å². The molecule has 0 radical (unpaired) electrons. The maximum atomic E-state index is 12.6. The molecule has 1 amide bonds. The van der Waals surface area contributed by atoms with Crippen molar-refractivity contribution in [2.45, 2.75) is 13.0 Å². The fourth-order valence-corrected chi connectivity index (χ4v) is 3.82. The number of carbonyl (C=O) groups is 1. The van der Waals surface area contributed by atoms with Crippen molar-refractivity contribution in [3.63, 3.8) is 0 Å². The maximum absolute atomic E-state index is 12.6. The van der Waals surface area contributed by atoms with Crippen LogP contribution in [0.4, 0.5) is 0 Å². The van der Waals surface area contributed by atoms with Gasteiger partial charge in [0.25, 0.3) is 5.91 Å². The van der Waals surface area contributed by atoms with Crippen molar-refractivity contribution in [1.82, 2.24) is 10.3 Å². The molecule has 0 atom stereocenters. The smallest absolute Gasteiger partial charge is 0.261 e. The molecule has 35 heavy (non-hydrogen) atoms. The topological polar surface area (TPSA) is 87.1 Å². The number of hydrogen-bond acceptors (Lipinski definition) is 4. The predicted octanol–water partition coefficient (Wildman–Crippen LogP) is 5.67. The number of para-hydroxylation sites is 1. The first-order valence-electron chi connectivity index (χ1n) is 11.1. The molecule has 3 aromatic carbocycles. The van der Waals surface area contributed by atoms with E-state index in [2.05, 4.69) is 10.3 Å². The van der Waals surface area contributed by atoms with Gasteiger partial charge < -0.3 is 19.8 Å². The van der Waals surface area contributed by atoms with E-state index in [9.17, 15) is 10.1 Å². The second-order valence-corrected chi connectivity index (χ2v) is 8.30. The number of nitrogens with zero attached hydrogens (tertiary/aromatic N) is 1. The number of nitriles is 1. The Labute approximate surface area is 208 Å². The predicted molar refractivity (Wildman–Crippen MR) is 137 cm³/mol. The molecule has 0 fully saturated rings. The lowest BCUT2D eigenvalue weighted by atomic mass is 10.1. The van der Waals surface area contributed by atoms with Crippen molar-refractivity contribution < 1.29 is 14.3 Å². The van der Waals surface area contributed by atoms with Gasteiger partial charge in [0, 0.05) is 28.7 Å². The van der Waals surface area contributed by atoms with Gasteiger partial charge in [0.1, 0.15) is 18.2 Å². The van der Waals surface area contributed by atoms with Crippen molar-refractivity contribution in [2.75, 3.05) is 13.7 Å². The second-order valence-electron chi connectivity index (χ2n) is 7.86. The number of ether oxygens (including phenoxy) is 2. The van der Waals surface area contributed by atoms with Crippen LogP contribution in [0.1, 0.15) is 16.7 Å². The van der Waals surface area contributed by atoms with Crippen LogP contribution in [-0.2, 0) is 17.8 Å². The molecule has 1 aromatic heterocycles. The molecule has 0 aliphatic rings. The van der Waals surface area contributed by atoms with E-state index in [0.29, 0.717) is 41.7 Å². The molecule has 4 rings (SSSR count). The van der Waals surface area contributed by atoms with Crippen LogP contribution in [-0.4, -0.2) is 24.5 Å². The van der Waals surface area contributed by atoms with Gasteiger partial charge in [-0.25, -0.2) is 0 Å². The molecule has 0 unspecified atom stereocenters. The summed E-state index contributed by atoms with van der Waals surface area (Å²) in [6, 6.07) is 22.6. The summed E-state index contributed by atoms with van der Waals surface area (Å²) in [5, 5.41) is 14.2. The van der Waals surface area contributed by atoms with Gasteiger partial charge in [0.15, 0.2) is 11.5 Å². The van der Waals surface area contributed by atoms with Gasteiger partial charge in [-0.3, -0.25) is 4.79 Å². The lowest BCUT2D eigenvalue weighted by Gasteiger charge is -2.12. The SMILES string of the molecule is COc1cc(/C=C(/C#N)C(=O)NCCc2c[nH]c3ccccc23)ccc1OCc1ccc(Cl)cc1. The number of amides is 1. The quantitative estimate of drug-likeness (QED) is 0.236. The third kappa shape index (κ3) is 6.03. The lowest BCUT2D eigenvalue weighted by molar-refractivity contribution is -0.117. The van der Waals surface area contributed by atoms with Gasteiger partial charge in [-0.1, -0.05) is 48.0 Å². The average molecular weight is 486 g/mol. The van der Waals surface area contributed by atoms with Crippen LogP contribution in [0.5, 0.6) is 11.5 Å². The van der Waals surface area contributed by atoms with E-state index in [0.717, 1.165) is 22.0 Å². The zero-order valence-electron chi connectivity index (χ0n) is 19.2. The van der Waals surface area contributed by atoms with Crippen LogP contribution in [0.2, 0.25) is 5.02 Å². The fraction of sp³-hybridized carbons (Fsp3) is 0.143. The number of benzene rings is 3. The highest BCUT2D eigenvalue weighted by Crippen LogP contribution is 2.30. The van der Waals surface area contributed by atoms with Crippen molar-refractivity contribution in [2.24, 2.45) is 0 Å². The molecule has 4 aromatic rings. The van der Waals surface area contributed by atoms with E-state index in [1.54, 1.807) is 37.4 Å². The van der Waals surface area contributed by atoms with E-state index < -0.39 is 5.91 Å². The Bertz CT molecular complexity index is 1400. The molecular weight excluding hydrogens is 462 g/mol. The summed E-state index contributed by atoms with van der Waals surface area (Å²) in [4.78, 5) is 15.8. The van der Waals surface area contributed by atoms with Gasteiger partial charge in [-0.15, -0.1) is 0 Å². The van der Waals surface area contributed by atoms with Gasteiger partial charge in [0.2, 0.25) is 0 Å². The Hall–Kier alpha value is -4.21. The Morgan fingerprint density at radius 1 is 1.11 bits per heavy atom. The van der Waals surface area contributed by atoms with Gasteiger partial charge in [-0.05, 0) is 59.5 Å². The van der Waals surface area contributed by atoms with E-state index in [-0.39, 0.29) is 5.57 Å². The van der Waals surface area contributed by atoms with E-state index >= 15 is 0 Å². The third-order valence-electron chi connectivity index (χ3n) is 5.53. The highest BCUT2D eigenvalue weighted by molar-refractivity contribution is 6.30. The Balaban J connectivity index is 1.39. The molecule has 0 aliphatic heterocycles. The van der Waals surface area contributed by atoms with E-state index in [1.807, 2.05) is 48.7 Å². The second kappa shape index (κ2) is 11.3. The normalized spacial score (nSPS) is 11.2. The Kier molecular flexibility index (Phi) is 7.71. The first-order chi connectivity index (χ1) is 17.1. The first-order valence-corrected chi connectivity index (χ1v) is 11.5. The zero-order valence-corrected chi connectivity index (χ0v) is 19.9. The number of H-pyrrole nitrogens is 1. The number of fused-ring (bicyclic) bond motifs is 1. The summed E-state index contributed by atoms with van der Waals surface area (Å²) < 4.78 is 11.3.